The van der Waals surface area contributed by atoms with Crippen LogP contribution >= 0.6 is 15.9 Å². The van der Waals surface area contributed by atoms with Crippen molar-refractivity contribution in [1.82, 2.24) is 4.90 Å². The van der Waals surface area contributed by atoms with E-state index in [4.69, 9.17) is 0 Å². The van der Waals surface area contributed by atoms with Gasteiger partial charge in [-0.2, -0.15) is 0 Å². The zero-order valence-corrected chi connectivity index (χ0v) is 12.5. The van der Waals surface area contributed by atoms with Crippen LogP contribution in [0.3, 0.4) is 0 Å². The summed E-state index contributed by atoms with van der Waals surface area (Å²) in [6, 6.07) is 4.18. The highest BCUT2D eigenvalue weighted by Crippen LogP contribution is 2.16. The normalized spacial score (nSPS) is 11.5. The Morgan fingerprint density at radius 1 is 1.11 bits per heavy atom. The second kappa shape index (κ2) is 7.85. The lowest BCUT2D eigenvalue weighted by atomic mass is 10.1. The molecule has 0 atom stereocenters. The average molecular weight is 320 g/mol. The first-order chi connectivity index (χ1) is 8.60. The summed E-state index contributed by atoms with van der Waals surface area (Å²) < 4.78 is 26.3. The van der Waals surface area contributed by atoms with Gasteiger partial charge >= 0.3 is 0 Å². The van der Waals surface area contributed by atoms with Gasteiger partial charge in [-0.25, -0.2) is 8.78 Å². The number of benzene rings is 1. The first kappa shape index (κ1) is 15.6. The molecule has 0 aliphatic heterocycles. The van der Waals surface area contributed by atoms with Crippen LogP contribution in [-0.2, 0) is 6.54 Å². The van der Waals surface area contributed by atoms with Crippen LogP contribution in [-0.4, -0.2) is 22.8 Å². The number of hydrogen-bond acceptors (Lipinski definition) is 1. The van der Waals surface area contributed by atoms with E-state index in [1.54, 1.807) is 0 Å². The van der Waals surface area contributed by atoms with Crippen molar-refractivity contribution in [2.45, 2.75) is 39.3 Å². The standard InChI is InChI=1S/C14H20BrF2N/c1-3-14(4-2)18(6-5-15)10-11-7-12(16)9-13(17)8-11/h7-9,14H,3-6,10H2,1-2H3. The van der Waals surface area contributed by atoms with Gasteiger partial charge in [-0.05, 0) is 30.5 Å². The summed E-state index contributed by atoms with van der Waals surface area (Å²) in [5.41, 5.74) is 0.695. The molecule has 1 aromatic carbocycles. The average Bonchev–Trinajstić information content (AvgIpc) is 2.29. The highest BCUT2D eigenvalue weighted by Gasteiger charge is 2.15. The summed E-state index contributed by atoms with van der Waals surface area (Å²) in [6.07, 6.45) is 2.09. The Balaban J connectivity index is 2.81. The van der Waals surface area contributed by atoms with E-state index in [1.165, 1.54) is 12.1 Å². The van der Waals surface area contributed by atoms with Gasteiger partial charge in [-0.15, -0.1) is 0 Å². The largest absolute Gasteiger partial charge is 0.295 e. The lowest BCUT2D eigenvalue weighted by Crippen LogP contribution is -2.35. The molecular formula is C14H20BrF2N. The molecule has 1 rings (SSSR count). The topological polar surface area (TPSA) is 3.24 Å². The van der Waals surface area contributed by atoms with Crippen LogP contribution in [0.5, 0.6) is 0 Å². The smallest absolute Gasteiger partial charge is 0.126 e. The molecule has 1 aromatic rings. The van der Waals surface area contributed by atoms with Crippen molar-refractivity contribution in [3.05, 3.63) is 35.4 Å². The molecule has 0 amide bonds. The van der Waals surface area contributed by atoms with Crippen molar-refractivity contribution in [3.63, 3.8) is 0 Å². The summed E-state index contributed by atoms with van der Waals surface area (Å²) in [5.74, 6) is -1.01. The fraction of sp³-hybridized carbons (Fsp3) is 0.571. The van der Waals surface area contributed by atoms with Gasteiger partial charge in [0.05, 0.1) is 0 Å². The maximum Gasteiger partial charge on any atom is 0.126 e. The molecular weight excluding hydrogens is 300 g/mol. The van der Waals surface area contributed by atoms with Crippen LogP contribution in [0, 0.1) is 11.6 Å². The van der Waals surface area contributed by atoms with Gasteiger partial charge in [-0.1, -0.05) is 29.8 Å². The quantitative estimate of drug-likeness (QED) is 0.675. The van der Waals surface area contributed by atoms with E-state index in [0.29, 0.717) is 18.2 Å². The van der Waals surface area contributed by atoms with Crippen molar-refractivity contribution < 1.29 is 8.78 Å². The Labute approximate surface area is 116 Å². The van der Waals surface area contributed by atoms with Gasteiger partial charge in [0.2, 0.25) is 0 Å². The van der Waals surface area contributed by atoms with Crippen molar-refractivity contribution in [1.29, 1.82) is 0 Å². The van der Waals surface area contributed by atoms with Gasteiger partial charge < -0.3 is 0 Å². The first-order valence-electron chi connectivity index (χ1n) is 6.35. The summed E-state index contributed by atoms with van der Waals surface area (Å²) in [4.78, 5) is 2.27. The summed E-state index contributed by atoms with van der Waals surface area (Å²) in [6.45, 7) is 5.75. The zero-order valence-electron chi connectivity index (χ0n) is 10.9. The lowest BCUT2D eigenvalue weighted by molar-refractivity contribution is 0.188. The van der Waals surface area contributed by atoms with Crippen LogP contribution in [0.4, 0.5) is 8.78 Å². The predicted molar refractivity (Wildman–Crippen MR) is 74.9 cm³/mol. The summed E-state index contributed by atoms with van der Waals surface area (Å²) in [5, 5.41) is 0.862. The minimum atomic E-state index is -0.506. The Bertz CT molecular complexity index is 347. The van der Waals surface area contributed by atoms with Crippen molar-refractivity contribution in [2.75, 3.05) is 11.9 Å². The molecule has 4 heteroatoms. The van der Waals surface area contributed by atoms with E-state index in [0.717, 1.165) is 30.8 Å². The molecule has 0 N–H and O–H groups in total. The van der Waals surface area contributed by atoms with Crippen molar-refractivity contribution in [3.8, 4) is 0 Å². The SMILES string of the molecule is CCC(CC)N(CCBr)Cc1cc(F)cc(F)c1. The molecule has 0 saturated carbocycles. The highest BCUT2D eigenvalue weighted by atomic mass is 79.9. The Morgan fingerprint density at radius 3 is 2.11 bits per heavy atom. The van der Waals surface area contributed by atoms with E-state index < -0.39 is 11.6 Å². The molecule has 0 heterocycles. The third-order valence-electron chi connectivity index (χ3n) is 3.14. The maximum atomic E-state index is 13.2. The van der Waals surface area contributed by atoms with Crippen LogP contribution in [0.1, 0.15) is 32.3 Å². The molecule has 0 radical (unpaired) electrons. The molecule has 0 saturated heterocycles. The predicted octanol–water partition coefficient (Wildman–Crippen LogP) is 4.35. The third kappa shape index (κ3) is 4.65. The number of halogens is 3. The van der Waals surface area contributed by atoms with Crippen molar-refractivity contribution >= 4 is 15.9 Å². The number of nitrogens with zero attached hydrogens (tertiary/aromatic N) is 1. The zero-order chi connectivity index (χ0) is 13.5. The number of hydrogen-bond donors (Lipinski definition) is 0. The highest BCUT2D eigenvalue weighted by molar-refractivity contribution is 9.09. The Kier molecular flexibility index (Phi) is 6.79. The van der Waals surface area contributed by atoms with Gasteiger partial charge in [0.25, 0.3) is 0 Å². The third-order valence-corrected chi connectivity index (χ3v) is 3.49. The van der Waals surface area contributed by atoms with Crippen LogP contribution < -0.4 is 0 Å². The fourth-order valence-corrected chi connectivity index (χ4v) is 2.70. The molecule has 0 aliphatic rings. The van der Waals surface area contributed by atoms with E-state index in [2.05, 4.69) is 34.7 Å². The second-order valence-corrected chi connectivity index (χ2v) is 5.20. The molecule has 102 valence electrons. The molecule has 0 spiro atoms. The van der Waals surface area contributed by atoms with Gasteiger partial charge in [0.15, 0.2) is 0 Å². The maximum absolute atomic E-state index is 13.2. The van der Waals surface area contributed by atoms with E-state index >= 15 is 0 Å². The van der Waals surface area contributed by atoms with Crippen LogP contribution in [0.2, 0.25) is 0 Å². The molecule has 0 fully saturated rings. The van der Waals surface area contributed by atoms with Gasteiger partial charge in [-0.3, -0.25) is 4.90 Å². The van der Waals surface area contributed by atoms with Crippen LogP contribution in [0.25, 0.3) is 0 Å². The number of alkyl halides is 1. The van der Waals surface area contributed by atoms with Gasteiger partial charge in [0, 0.05) is 30.5 Å². The summed E-state index contributed by atoms with van der Waals surface area (Å²) in [7, 11) is 0. The molecule has 0 bridgehead atoms. The molecule has 0 unspecified atom stereocenters. The van der Waals surface area contributed by atoms with Gasteiger partial charge in [0.1, 0.15) is 11.6 Å². The fourth-order valence-electron chi connectivity index (χ4n) is 2.24. The minimum Gasteiger partial charge on any atom is -0.295 e. The van der Waals surface area contributed by atoms with E-state index in [9.17, 15) is 8.78 Å². The monoisotopic (exact) mass is 319 g/mol. The molecule has 0 aliphatic carbocycles. The van der Waals surface area contributed by atoms with E-state index in [-0.39, 0.29) is 0 Å². The Morgan fingerprint density at radius 2 is 1.67 bits per heavy atom. The first-order valence-corrected chi connectivity index (χ1v) is 7.47. The second-order valence-electron chi connectivity index (χ2n) is 4.41. The van der Waals surface area contributed by atoms with Crippen LogP contribution in [0.15, 0.2) is 18.2 Å². The molecule has 0 aromatic heterocycles. The minimum absolute atomic E-state index is 0.453. The summed E-state index contributed by atoms with van der Waals surface area (Å²) >= 11 is 3.43. The Hall–Kier alpha value is -0.480. The van der Waals surface area contributed by atoms with Crippen molar-refractivity contribution in [2.24, 2.45) is 0 Å². The molecule has 18 heavy (non-hydrogen) atoms. The van der Waals surface area contributed by atoms with E-state index in [1.807, 2.05) is 0 Å². The number of rotatable bonds is 7. The molecule has 1 nitrogen and oxygen atoms in total. The lowest BCUT2D eigenvalue weighted by Gasteiger charge is -2.30.